The Balaban J connectivity index is 1.31. The first-order valence-corrected chi connectivity index (χ1v) is 18.5. The Kier molecular flexibility index (Phi) is 7.63. The largest absolute Gasteiger partial charge is 0.455 e. The minimum atomic E-state index is 0.863. The minimum Gasteiger partial charge on any atom is -0.455 e. The summed E-state index contributed by atoms with van der Waals surface area (Å²) in [5.74, 6) is 0. The summed E-state index contributed by atoms with van der Waals surface area (Å²) in [4.78, 5) is 0. The smallest absolute Gasteiger partial charge is 0.143 e. The lowest BCUT2D eigenvalue weighted by molar-refractivity contribution is 0.667. The van der Waals surface area contributed by atoms with Crippen molar-refractivity contribution in [2.24, 2.45) is 0 Å². The van der Waals surface area contributed by atoms with Crippen LogP contribution < -0.4 is 10.4 Å². The average molecular weight is 693 g/mol. The Bertz CT molecular complexity index is 3180. The molecule has 2 heteroatoms. The van der Waals surface area contributed by atoms with Crippen LogP contribution in [0.3, 0.4) is 0 Å². The van der Waals surface area contributed by atoms with Gasteiger partial charge in [-0.25, -0.2) is 0 Å². The lowest BCUT2D eigenvalue weighted by Gasteiger charge is -2.17. The van der Waals surface area contributed by atoms with E-state index >= 15 is 0 Å². The predicted octanol–water partition coefficient (Wildman–Crippen LogP) is 12.7. The topological polar surface area (TPSA) is 26.3 Å². The van der Waals surface area contributed by atoms with Crippen molar-refractivity contribution < 1.29 is 8.83 Å². The van der Waals surface area contributed by atoms with E-state index in [1.54, 1.807) is 0 Å². The highest BCUT2D eigenvalue weighted by Gasteiger charge is 2.21. The van der Waals surface area contributed by atoms with Crippen LogP contribution >= 0.6 is 0 Å². The second-order valence-electron chi connectivity index (χ2n) is 14.0. The number of allylic oxidation sites excluding steroid dienone is 5. The van der Waals surface area contributed by atoms with Crippen LogP contribution in [0.4, 0.5) is 0 Å². The maximum atomic E-state index is 6.85. The Morgan fingerprint density at radius 1 is 0.463 bits per heavy atom. The van der Waals surface area contributed by atoms with Gasteiger partial charge in [-0.05, 0) is 91.9 Å². The molecule has 54 heavy (non-hydrogen) atoms. The van der Waals surface area contributed by atoms with Gasteiger partial charge in [-0.15, -0.1) is 0 Å². The molecule has 9 aromatic rings. The van der Waals surface area contributed by atoms with Crippen LogP contribution in [0.1, 0.15) is 35.1 Å². The fourth-order valence-electron chi connectivity index (χ4n) is 8.26. The molecule has 0 aliphatic heterocycles. The molecule has 1 aliphatic rings. The molecule has 2 heterocycles. The van der Waals surface area contributed by atoms with Gasteiger partial charge >= 0.3 is 0 Å². The van der Waals surface area contributed by atoms with Gasteiger partial charge in [0, 0.05) is 32.5 Å². The van der Waals surface area contributed by atoms with E-state index < -0.39 is 0 Å². The predicted molar refractivity (Wildman–Crippen MR) is 228 cm³/mol. The highest BCUT2D eigenvalue weighted by atomic mass is 16.3. The first kappa shape index (κ1) is 31.8. The minimum absolute atomic E-state index is 0.863. The van der Waals surface area contributed by atoms with E-state index in [0.717, 1.165) is 122 Å². The van der Waals surface area contributed by atoms with Crippen molar-refractivity contribution in [3.8, 4) is 0 Å². The van der Waals surface area contributed by atoms with Gasteiger partial charge in [0.1, 0.15) is 22.3 Å². The van der Waals surface area contributed by atoms with Crippen LogP contribution in [0.2, 0.25) is 0 Å². The zero-order chi connectivity index (χ0) is 36.2. The molecule has 2 nitrogen and oxygen atoms in total. The van der Waals surface area contributed by atoms with Crippen molar-refractivity contribution >= 4 is 76.9 Å². The first-order valence-electron chi connectivity index (χ1n) is 18.5. The number of hydrogen-bond acceptors (Lipinski definition) is 2. The van der Waals surface area contributed by atoms with Gasteiger partial charge in [-0.1, -0.05) is 159 Å². The van der Waals surface area contributed by atoms with Crippen LogP contribution in [-0.2, 0) is 0 Å². The first-order chi connectivity index (χ1) is 26.7. The van der Waals surface area contributed by atoms with Crippen molar-refractivity contribution in [3.05, 3.63) is 216 Å². The second kappa shape index (κ2) is 12.9. The van der Waals surface area contributed by atoms with Crippen LogP contribution in [0.15, 0.2) is 192 Å². The molecule has 0 N–H and O–H groups in total. The quantitative estimate of drug-likeness (QED) is 0.179. The zero-order valence-corrected chi connectivity index (χ0v) is 29.8. The highest BCUT2D eigenvalue weighted by molar-refractivity contribution is 6.27. The molecular weight excluding hydrogens is 657 g/mol. The molecule has 0 amide bonds. The molecule has 10 rings (SSSR count). The molecule has 256 valence electrons. The van der Waals surface area contributed by atoms with Gasteiger partial charge < -0.3 is 8.83 Å². The number of benzene rings is 7. The maximum absolute atomic E-state index is 6.85. The maximum Gasteiger partial charge on any atom is 0.143 e. The van der Waals surface area contributed by atoms with Crippen molar-refractivity contribution in [1.29, 1.82) is 0 Å². The number of fused-ring (bicyclic) bond motifs is 10. The molecule has 0 saturated heterocycles. The summed E-state index contributed by atoms with van der Waals surface area (Å²) >= 11 is 0. The van der Waals surface area contributed by atoms with Gasteiger partial charge in [-0.2, -0.15) is 0 Å². The van der Waals surface area contributed by atoms with Crippen molar-refractivity contribution in [3.63, 3.8) is 0 Å². The highest BCUT2D eigenvalue weighted by Crippen LogP contribution is 2.43. The monoisotopic (exact) mass is 692 g/mol. The third kappa shape index (κ3) is 5.10. The van der Waals surface area contributed by atoms with Crippen LogP contribution in [0.25, 0.3) is 76.9 Å². The van der Waals surface area contributed by atoms with Gasteiger partial charge in [0.05, 0.1) is 0 Å². The molecule has 0 unspecified atom stereocenters. The zero-order valence-electron chi connectivity index (χ0n) is 29.8. The Hall–Kier alpha value is -6.90. The Morgan fingerprint density at radius 3 is 1.85 bits per heavy atom. The molecule has 0 atom stereocenters. The average Bonchev–Trinajstić information content (AvgIpc) is 3.81. The summed E-state index contributed by atoms with van der Waals surface area (Å²) < 4.78 is 13.5. The molecule has 7 aromatic carbocycles. The van der Waals surface area contributed by atoms with Crippen molar-refractivity contribution in [2.45, 2.75) is 12.8 Å². The second-order valence-corrected chi connectivity index (χ2v) is 14.0. The molecule has 0 bridgehead atoms. The van der Waals surface area contributed by atoms with Crippen molar-refractivity contribution in [2.75, 3.05) is 0 Å². The summed E-state index contributed by atoms with van der Waals surface area (Å²) in [6, 6.07) is 50.9. The lowest BCUT2D eigenvalue weighted by atomic mass is 9.87. The van der Waals surface area contributed by atoms with Gasteiger partial charge in [-0.3, -0.25) is 0 Å². The molecule has 2 aromatic heterocycles. The van der Waals surface area contributed by atoms with E-state index in [9.17, 15) is 0 Å². The molecule has 0 radical (unpaired) electrons. The fraction of sp³-hybridized carbons (Fsp3) is 0.0385. The standard InChI is InChI=1S/C52H36O2/c1-33(35-18-6-5-7-19-35)36-21-10-11-22-37(36)34(2)38-20-8-3-4-9-23-41(40-25-13-12-24-39(38)40)46-32-47-43(50-45-27-15-17-29-49(45)54-52(46)50)30-31-44-42-26-14-16-28-48(42)53-51(44)47/h5-32H,1-4H2/b20-8+,23-9+,39-38+,41-40+. The summed E-state index contributed by atoms with van der Waals surface area (Å²) in [5.41, 5.74) is 11.8. The van der Waals surface area contributed by atoms with E-state index in [0.29, 0.717) is 0 Å². The third-order valence-electron chi connectivity index (χ3n) is 10.9. The number of furan rings is 2. The Labute approximate surface area is 313 Å². The number of rotatable bonds is 5. The SMILES string of the molecule is C=C(C1=c2\cccc\c2=C(c2cc3c(ccc4c5ccccc5oc43)c3c2oc2ccccc23)\C=C\CC\C=C\1)c1ccccc1C(=C)c1ccccc1. The number of para-hydroxylation sites is 2. The molecule has 0 spiro atoms. The molecule has 1 aliphatic carbocycles. The van der Waals surface area contributed by atoms with Crippen LogP contribution in [-0.4, -0.2) is 0 Å². The van der Waals surface area contributed by atoms with Gasteiger partial charge in [0.2, 0.25) is 0 Å². The van der Waals surface area contributed by atoms with E-state index in [1.807, 2.05) is 24.3 Å². The molecule has 0 saturated carbocycles. The Morgan fingerprint density at radius 2 is 1.06 bits per heavy atom. The molecular formula is C52H36O2. The van der Waals surface area contributed by atoms with E-state index in [-0.39, 0.29) is 0 Å². The van der Waals surface area contributed by atoms with Gasteiger partial charge in [0.25, 0.3) is 0 Å². The van der Waals surface area contributed by atoms with Crippen LogP contribution in [0.5, 0.6) is 0 Å². The normalized spacial score (nSPS) is 16.5. The molecule has 0 fully saturated rings. The summed E-state index contributed by atoms with van der Waals surface area (Å²) in [6.45, 7) is 9.34. The summed E-state index contributed by atoms with van der Waals surface area (Å²) in [5, 5.41) is 8.79. The van der Waals surface area contributed by atoms with E-state index in [1.165, 1.54) is 0 Å². The summed E-state index contributed by atoms with van der Waals surface area (Å²) in [7, 11) is 0. The van der Waals surface area contributed by atoms with Gasteiger partial charge in [0.15, 0.2) is 0 Å². The van der Waals surface area contributed by atoms with Crippen molar-refractivity contribution in [1.82, 2.24) is 0 Å². The fourth-order valence-corrected chi connectivity index (χ4v) is 8.26. The third-order valence-corrected chi connectivity index (χ3v) is 10.9. The van der Waals surface area contributed by atoms with E-state index in [4.69, 9.17) is 15.4 Å². The lowest BCUT2D eigenvalue weighted by Crippen LogP contribution is -2.29. The van der Waals surface area contributed by atoms with E-state index in [2.05, 4.69) is 152 Å². The van der Waals surface area contributed by atoms with Crippen LogP contribution in [0, 0.1) is 0 Å². The number of hydrogen-bond donors (Lipinski definition) is 0. The summed E-state index contributed by atoms with van der Waals surface area (Å²) in [6.07, 6.45) is 10.9.